The Morgan fingerprint density at radius 2 is 1.85 bits per heavy atom. The van der Waals surface area contributed by atoms with Crippen molar-refractivity contribution >= 4 is 16.7 Å². The van der Waals surface area contributed by atoms with Crippen molar-refractivity contribution in [3.05, 3.63) is 71.9 Å². The maximum atomic E-state index is 13.0. The molecule has 0 radical (unpaired) electrons. The molecular formula is C22H23N3O. The quantitative estimate of drug-likeness (QED) is 0.573. The van der Waals surface area contributed by atoms with E-state index in [-0.39, 0.29) is 5.78 Å². The second kappa shape index (κ2) is 8.46. The second-order valence-electron chi connectivity index (χ2n) is 6.37. The third kappa shape index (κ3) is 4.01. The maximum Gasteiger partial charge on any atom is 0.178 e. The van der Waals surface area contributed by atoms with Gasteiger partial charge in [0.1, 0.15) is 0 Å². The minimum Gasteiger partial charge on any atom is -0.346 e. The molecule has 0 bridgehead atoms. The second-order valence-corrected chi connectivity index (χ2v) is 6.37. The molecular weight excluding hydrogens is 322 g/mol. The predicted molar refractivity (Wildman–Crippen MR) is 104 cm³/mol. The molecule has 0 aliphatic heterocycles. The Bertz CT molecular complexity index is 921. The van der Waals surface area contributed by atoms with Gasteiger partial charge in [-0.2, -0.15) is 5.26 Å². The van der Waals surface area contributed by atoms with Crippen LogP contribution in [0.15, 0.2) is 60.8 Å². The van der Waals surface area contributed by atoms with Crippen LogP contribution in [0.2, 0.25) is 0 Å². The van der Waals surface area contributed by atoms with Gasteiger partial charge in [0.25, 0.3) is 0 Å². The SMILES string of the molecule is CCN(CC(=O)c1cn(CCC#N)c2ccccc12)Cc1ccccc1. The lowest BCUT2D eigenvalue weighted by Gasteiger charge is -2.19. The number of para-hydroxylation sites is 1. The summed E-state index contributed by atoms with van der Waals surface area (Å²) in [5.41, 5.74) is 2.96. The van der Waals surface area contributed by atoms with E-state index in [0.717, 1.165) is 29.6 Å². The summed E-state index contributed by atoms with van der Waals surface area (Å²) in [7, 11) is 0. The molecule has 0 fully saturated rings. The Kier molecular flexibility index (Phi) is 5.83. The predicted octanol–water partition coefficient (Wildman–Crippen LogP) is 4.26. The van der Waals surface area contributed by atoms with Crippen molar-refractivity contribution in [2.24, 2.45) is 0 Å². The number of rotatable bonds is 8. The van der Waals surface area contributed by atoms with Crippen LogP contribution in [0.3, 0.4) is 0 Å². The first kappa shape index (κ1) is 17.9. The van der Waals surface area contributed by atoms with E-state index in [1.165, 1.54) is 5.56 Å². The van der Waals surface area contributed by atoms with E-state index < -0.39 is 0 Å². The van der Waals surface area contributed by atoms with E-state index in [1.54, 1.807) is 0 Å². The van der Waals surface area contributed by atoms with Crippen LogP contribution < -0.4 is 0 Å². The van der Waals surface area contributed by atoms with Gasteiger partial charge in [-0.1, -0.05) is 55.5 Å². The van der Waals surface area contributed by atoms with Crippen LogP contribution in [0.1, 0.15) is 29.3 Å². The highest BCUT2D eigenvalue weighted by molar-refractivity contribution is 6.09. The van der Waals surface area contributed by atoms with Gasteiger partial charge in [-0.3, -0.25) is 9.69 Å². The molecule has 0 saturated carbocycles. The molecule has 1 heterocycles. The van der Waals surface area contributed by atoms with Gasteiger partial charge < -0.3 is 4.57 Å². The molecule has 0 aliphatic carbocycles. The first-order valence-electron chi connectivity index (χ1n) is 8.97. The molecule has 0 spiro atoms. The fraction of sp³-hybridized carbons (Fsp3) is 0.273. The first-order chi connectivity index (χ1) is 12.7. The van der Waals surface area contributed by atoms with Crippen LogP contribution in [0, 0.1) is 11.3 Å². The van der Waals surface area contributed by atoms with Crippen molar-refractivity contribution in [3.8, 4) is 6.07 Å². The monoisotopic (exact) mass is 345 g/mol. The molecule has 1 aromatic heterocycles. The minimum atomic E-state index is 0.120. The van der Waals surface area contributed by atoms with E-state index in [4.69, 9.17) is 5.26 Å². The van der Waals surface area contributed by atoms with E-state index >= 15 is 0 Å². The largest absolute Gasteiger partial charge is 0.346 e. The zero-order chi connectivity index (χ0) is 18.4. The van der Waals surface area contributed by atoms with Gasteiger partial charge in [0.2, 0.25) is 0 Å². The normalized spacial score (nSPS) is 11.0. The highest BCUT2D eigenvalue weighted by Crippen LogP contribution is 2.22. The van der Waals surface area contributed by atoms with Gasteiger partial charge in [0.05, 0.1) is 19.0 Å². The van der Waals surface area contributed by atoms with Crippen molar-refractivity contribution in [3.63, 3.8) is 0 Å². The third-order valence-corrected chi connectivity index (χ3v) is 4.62. The van der Waals surface area contributed by atoms with Crippen molar-refractivity contribution in [1.29, 1.82) is 5.26 Å². The van der Waals surface area contributed by atoms with Gasteiger partial charge in [0.15, 0.2) is 5.78 Å². The number of hydrogen-bond donors (Lipinski definition) is 0. The zero-order valence-corrected chi connectivity index (χ0v) is 15.1. The Hall–Kier alpha value is -2.90. The van der Waals surface area contributed by atoms with Gasteiger partial charge in [-0.15, -0.1) is 0 Å². The summed E-state index contributed by atoms with van der Waals surface area (Å²) in [6, 6.07) is 20.3. The summed E-state index contributed by atoms with van der Waals surface area (Å²) in [6.07, 6.45) is 2.34. The smallest absolute Gasteiger partial charge is 0.178 e. The van der Waals surface area contributed by atoms with Crippen molar-refractivity contribution in [1.82, 2.24) is 9.47 Å². The number of fused-ring (bicyclic) bond motifs is 1. The van der Waals surface area contributed by atoms with E-state index in [1.807, 2.05) is 53.2 Å². The molecule has 0 saturated heterocycles. The molecule has 0 atom stereocenters. The summed E-state index contributed by atoms with van der Waals surface area (Å²) in [4.78, 5) is 15.1. The van der Waals surface area contributed by atoms with Gasteiger partial charge >= 0.3 is 0 Å². The maximum absolute atomic E-state index is 13.0. The van der Waals surface area contributed by atoms with Crippen molar-refractivity contribution in [2.45, 2.75) is 26.4 Å². The Morgan fingerprint density at radius 1 is 1.12 bits per heavy atom. The number of carbonyl (C=O) groups excluding carboxylic acids is 1. The van der Waals surface area contributed by atoms with Crippen LogP contribution in [0.4, 0.5) is 0 Å². The summed E-state index contributed by atoms with van der Waals surface area (Å²) in [5, 5.41) is 9.83. The minimum absolute atomic E-state index is 0.120. The first-order valence-corrected chi connectivity index (χ1v) is 8.97. The number of aryl methyl sites for hydroxylation is 1. The number of Topliss-reactive ketones (excluding diaryl/α,β-unsaturated/α-hetero) is 1. The highest BCUT2D eigenvalue weighted by Gasteiger charge is 2.17. The zero-order valence-electron chi connectivity index (χ0n) is 15.1. The topological polar surface area (TPSA) is 49.0 Å². The van der Waals surface area contributed by atoms with Gasteiger partial charge in [-0.05, 0) is 18.2 Å². The lowest BCUT2D eigenvalue weighted by molar-refractivity contribution is 0.0931. The van der Waals surface area contributed by atoms with E-state index in [0.29, 0.717) is 19.5 Å². The average Bonchev–Trinajstić information content (AvgIpc) is 3.05. The molecule has 132 valence electrons. The lowest BCUT2D eigenvalue weighted by Crippen LogP contribution is -2.29. The third-order valence-electron chi connectivity index (χ3n) is 4.62. The molecule has 3 rings (SSSR count). The van der Waals surface area contributed by atoms with Gasteiger partial charge in [0, 0.05) is 35.8 Å². The Balaban J connectivity index is 1.81. The molecule has 0 amide bonds. The molecule has 2 aromatic carbocycles. The Morgan fingerprint density at radius 3 is 2.58 bits per heavy atom. The molecule has 4 nitrogen and oxygen atoms in total. The number of aromatic nitrogens is 1. The fourth-order valence-electron chi connectivity index (χ4n) is 3.23. The number of ketones is 1. The number of nitrogens with zero attached hydrogens (tertiary/aromatic N) is 3. The fourth-order valence-corrected chi connectivity index (χ4v) is 3.23. The Labute approximate surface area is 154 Å². The van der Waals surface area contributed by atoms with E-state index in [2.05, 4.69) is 30.0 Å². The van der Waals surface area contributed by atoms with Crippen LogP contribution >= 0.6 is 0 Å². The number of carbonyl (C=O) groups is 1. The molecule has 3 aromatic rings. The molecule has 26 heavy (non-hydrogen) atoms. The summed E-state index contributed by atoms with van der Waals surface area (Å²) in [6.45, 7) is 4.64. The van der Waals surface area contributed by atoms with E-state index in [9.17, 15) is 4.79 Å². The summed E-state index contributed by atoms with van der Waals surface area (Å²) in [5.74, 6) is 0.120. The lowest BCUT2D eigenvalue weighted by atomic mass is 10.1. The van der Waals surface area contributed by atoms with Gasteiger partial charge in [-0.25, -0.2) is 0 Å². The standard InChI is InChI=1S/C22H23N3O/c1-2-24(15-18-9-4-3-5-10-18)17-22(26)20-16-25(14-8-13-23)21-12-7-6-11-19(20)21/h3-7,9-12,16H,2,8,14-15,17H2,1H3. The van der Waals surface area contributed by atoms with Crippen LogP contribution in [0.25, 0.3) is 10.9 Å². The molecule has 0 aliphatic rings. The van der Waals surface area contributed by atoms with Crippen LogP contribution in [-0.2, 0) is 13.1 Å². The number of hydrogen-bond acceptors (Lipinski definition) is 3. The number of benzene rings is 2. The number of likely N-dealkylation sites (N-methyl/N-ethyl adjacent to an activating group) is 1. The molecule has 0 unspecified atom stereocenters. The molecule has 4 heteroatoms. The summed E-state index contributed by atoms with van der Waals surface area (Å²) >= 11 is 0. The van der Waals surface area contributed by atoms with Crippen molar-refractivity contribution in [2.75, 3.05) is 13.1 Å². The molecule has 0 N–H and O–H groups in total. The summed E-state index contributed by atoms with van der Waals surface area (Å²) < 4.78 is 2.01. The highest BCUT2D eigenvalue weighted by atomic mass is 16.1. The van der Waals surface area contributed by atoms with Crippen molar-refractivity contribution < 1.29 is 4.79 Å². The number of nitriles is 1. The van der Waals surface area contributed by atoms with Crippen LogP contribution in [0.5, 0.6) is 0 Å². The van der Waals surface area contributed by atoms with Crippen LogP contribution in [-0.4, -0.2) is 28.3 Å². The average molecular weight is 345 g/mol.